The summed E-state index contributed by atoms with van der Waals surface area (Å²) in [5.74, 6) is 0.309. The van der Waals surface area contributed by atoms with Gasteiger partial charge in [0.1, 0.15) is 17.4 Å². The van der Waals surface area contributed by atoms with Crippen molar-refractivity contribution in [2.45, 2.75) is 43.9 Å². The molecule has 36 heavy (non-hydrogen) atoms. The quantitative estimate of drug-likeness (QED) is 0.434. The maximum absolute atomic E-state index is 15.0. The maximum Gasteiger partial charge on any atom is 0.290 e. The number of nitrogens with one attached hydrogen (secondary N) is 1. The molecule has 11 heteroatoms. The molecule has 3 aromatic heterocycles. The van der Waals surface area contributed by atoms with Crippen LogP contribution in [-0.2, 0) is 4.74 Å². The lowest BCUT2D eigenvalue weighted by Gasteiger charge is -2.38. The van der Waals surface area contributed by atoms with Gasteiger partial charge in [0, 0.05) is 28.9 Å². The van der Waals surface area contributed by atoms with Gasteiger partial charge >= 0.3 is 0 Å². The van der Waals surface area contributed by atoms with Crippen LogP contribution in [0.2, 0.25) is 5.02 Å². The van der Waals surface area contributed by atoms with Gasteiger partial charge in [0.15, 0.2) is 0 Å². The monoisotopic (exact) mass is 507 g/mol. The number of nitrogens with zero attached hydrogens (tertiary/aromatic N) is 6. The Morgan fingerprint density at radius 2 is 1.97 bits per heavy atom. The van der Waals surface area contributed by atoms with Gasteiger partial charge in [-0.25, -0.2) is 19.5 Å². The molecule has 7 rings (SSSR count). The standard InChI is InChI=1S/C25H23ClFN7O2/c26-15-3-6-17(19(27)7-15)22-18-9-28-32-24(35)23(18)31-25(30-22)33-11-20(13-1-2-13)36-21(12-33)14-8-29-34(10-14)16-4-5-16/h3,6-10,13,16,20-21H,1-2,4-5,11-12H2,(H,32,35)/t20-,21+/m0/s1. The summed E-state index contributed by atoms with van der Waals surface area (Å²) in [6.45, 7) is 1.09. The third kappa shape index (κ3) is 3.94. The lowest BCUT2D eigenvalue weighted by Crippen LogP contribution is -2.46. The Morgan fingerprint density at radius 1 is 1.11 bits per heavy atom. The van der Waals surface area contributed by atoms with Crippen LogP contribution >= 0.6 is 11.6 Å². The van der Waals surface area contributed by atoms with E-state index in [0.717, 1.165) is 31.2 Å². The van der Waals surface area contributed by atoms with E-state index >= 15 is 0 Å². The molecule has 0 bridgehead atoms. The molecular formula is C25H23ClFN7O2. The number of hydrogen-bond acceptors (Lipinski definition) is 7. The van der Waals surface area contributed by atoms with Gasteiger partial charge in [-0.2, -0.15) is 10.2 Å². The SMILES string of the molecule is O=c1[nH]ncc2c(-c3ccc(Cl)cc3F)nc(N3C[C@@H](C4CC4)O[C@@H](c4cnn(C5CC5)c4)C3)nc12. The summed E-state index contributed by atoms with van der Waals surface area (Å²) in [5.41, 5.74) is 1.25. The number of morpholine rings is 1. The first-order valence-electron chi connectivity index (χ1n) is 12.2. The number of H-pyrrole nitrogens is 1. The fourth-order valence-corrected chi connectivity index (χ4v) is 5.07. The number of aromatic nitrogens is 6. The summed E-state index contributed by atoms with van der Waals surface area (Å²) in [4.78, 5) is 24.1. The zero-order valence-corrected chi connectivity index (χ0v) is 20.0. The van der Waals surface area contributed by atoms with Crippen molar-refractivity contribution in [3.8, 4) is 11.3 Å². The van der Waals surface area contributed by atoms with Crippen LogP contribution in [0.5, 0.6) is 0 Å². The number of anilines is 1. The molecule has 0 amide bonds. The number of halogens is 2. The lowest BCUT2D eigenvalue weighted by molar-refractivity contribution is -0.0390. The Morgan fingerprint density at radius 3 is 2.75 bits per heavy atom. The number of rotatable bonds is 5. The Kier molecular flexibility index (Phi) is 5.07. The first kappa shape index (κ1) is 21.9. The molecule has 9 nitrogen and oxygen atoms in total. The number of ether oxygens (including phenoxy) is 1. The zero-order valence-electron chi connectivity index (χ0n) is 19.3. The van der Waals surface area contributed by atoms with Crippen LogP contribution in [-0.4, -0.2) is 49.1 Å². The van der Waals surface area contributed by atoms with E-state index in [1.807, 2.05) is 15.8 Å². The van der Waals surface area contributed by atoms with Gasteiger partial charge in [-0.15, -0.1) is 0 Å². The average Bonchev–Trinajstić information content (AvgIpc) is 3.82. The van der Waals surface area contributed by atoms with E-state index in [2.05, 4.69) is 26.5 Å². The minimum absolute atomic E-state index is 0.0127. The van der Waals surface area contributed by atoms with E-state index in [1.54, 1.807) is 12.1 Å². The summed E-state index contributed by atoms with van der Waals surface area (Å²) in [6.07, 6.45) is 9.76. The molecule has 0 radical (unpaired) electrons. The minimum Gasteiger partial charge on any atom is -0.366 e. The Labute approximate surface area is 210 Å². The molecule has 1 aliphatic heterocycles. The van der Waals surface area contributed by atoms with E-state index in [9.17, 15) is 9.18 Å². The molecule has 4 aromatic rings. The minimum atomic E-state index is -0.531. The third-order valence-electron chi connectivity index (χ3n) is 7.17. The van der Waals surface area contributed by atoms with E-state index in [1.165, 1.54) is 12.3 Å². The van der Waals surface area contributed by atoms with Crippen LogP contribution in [0.15, 0.2) is 41.6 Å². The van der Waals surface area contributed by atoms with Crippen molar-refractivity contribution >= 4 is 28.5 Å². The summed E-state index contributed by atoms with van der Waals surface area (Å²) >= 11 is 5.98. The van der Waals surface area contributed by atoms with Crippen molar-refractivity contribution in [2.75, 3.05) is 18.0 Å². The molecule has 1 N–H and O–H groups in total. The molecule has 3 fully saturated rings. The highest BCUT2D eigenvalue weighted by molar-refractivity contribution is 6.30. The van der Waals surface area contributed by atoms with Gasteiger partial charge < -0.3 is 9.64 Å². The molecule has 3 aliphatic rings. The van der Waals surface area contributed by atoms with Crippen LogP contribution in [0.25, 0.3) is 22.2 Å². The van der Waals surface area contributed by atoms with Gasteiger partial charge in [-0.1, -0.05) is 11.6 Å². The van der Waals surface area contributed by atoms with Crippen molar-refractivity contribution in [1.29, 1.82) is 0 Å². The van der Waals surface area contributed by atoms with E-state index in [-0.39, 0.29) is 28.3 Å². The molecule has 2 aliphatic carbocycles. The number of fused-ring (bicyclic) bond motifs is 1. The van der Waals surface area contributed by atoms with Crippen molar-refractivity contribution in [2.24, 2.45) is 5.92 Å². The Balaban J connectivity index is 1.32. The summed E-state index contributed by atoms with van der Waals surface area (Å²) in [6, 6.07) is 4.88. The first-order valence-corrected chi connectivity index (χ1v) is 12.6. The van der Waals surface area contributed by atoms with Gasteiger partial charge in [0.05, 0.1) is 42.2 Å². The highest BCUT2D eigenvalue weighted by Crippen LogP contribution is 2.41. The van der Waals surface area contributed by atoms with Crippen LogP contribution in [0.1, 0.15) is 43.4 Å². The molecule has 1 saturated heterocycles. The van der Waals surface area contributed by atoms with E-state index in [0.29, 0.717) is 42.1 Å². The molecule has 0 spiro atoms. The van der Waals surface area contributed by atoms with Crippen LogP contribution in [0.3, 0.4) is 0 Å². The van der Waals surface area contributed by atoms with Gasteiger partial charge in [0.25, 0.3) is 5.56 Å². The second-order valence-electron chi connectivity index (χ2n) is 9.85. The van der Waals surface area contributed by atoms with Crippen LogP contribution in [0.4, 0.5) is 10.3 Å². The van der Waals surface area contributed by atoms with Gasteiger partial charge in [0.2, 0.25) is 5.95 Å². The van der Waals surface area contributed by atoms with Gasteiger partial charge in [-0.05, 0) is 49.8 Å². The molecule has 184 valence electrons. The molecule has 2 saturated carbocycles. The Hall–Kier alpha value is -3.37. The van der Waals surface area contributed by atoms with Gasteiger partial charge in [-0.3, -0.25) is 9.48 Å². The lowest BCUT2D eigenvalue weighted by atomic mass is 10.1. The molecule has 0 unspecified atom stereocenters. The number of hydrogen-bond donors (Lipinski definition) is 1. The van der Waals surface area contributed by atoms with Crippen LogP contribution in [0, 0.1) is 11.7 Å². The van der Waals surface area contributed by atoms with Crippen molar-refractivity contribution in [3.63, 3.8) is 0 Å². The third-order valence-corrected chi connectivity index (χ3v) is 7.40. The average molecular weight is 508 g/mol. The van der Waals surface area contributed by atoms with E-state index in [4.69, 9.17) is 21.3 Å². The maximum atomic E-state index is 15.0. The summed E-state index contributed by atoms with van der Waals surface area (Å²) in [7, 11) is 0. The van der Waals surface area contributed by atoms with Crippen LogP contribution < -0.4 is 10.5 Å². The summed E-state index contributed by atoms with van der Waals surface area (Å²) in [5, 5.41) is 11.5. The smallest absolute Gasteiger partial charge is 0.290 e. The topological polar surface area (TPSA) is 102 Å². The zero-order chi connectivity index (χ0) is 24.4. The second-order valence-corrected chi connectivity index (χ2v) is 10.3. The highest BCUT2D eigenvalue weighted by Gasteiger charge is 2.40. The van der Waals surface area contributed by atoms with Crippen molar-refractivity contribution in [1.82, 2.24) is 29.9 Å². The van der Waals surface area contributed by atoms with E-state index < -0.39 is 11.4 Å². The highest BCUT2D eigenvalue weighted by atomic mass is 35.5. The molecule has 4 heterocycles. The largest absolute Gasteiger partial charge is 0.366 e. The Bertz CT molecular complexity index is 1530. The summed E-state index contributed by atoms with van der Waals surface area (Å²) < 4.78 is 23.5. The predicted molar refractivity (Wildman–Crippen MR) is 131 cm³/mol. The number of benzene rings is 1. The second kappa shape index (κ2) is 8.35. The number of aromatic amines is 1. The molecular weight excluding hydrogens is 485 g/mol. The molecule has 1 aromatic carbocycles. The first-order chi connectivity index (χ1) is 17.5. The van der Waals surface area contributed by atoms with Crippen molar-refractivity contribution in [3.05, 3.63) is 63.5 Å². The fourth-order valence-electron chi connectivity index (χ4n) is 4.91. The van der Waals surface area contributed by atoms with Crippen molar-refractivity contribution < 1.29 is 9.13 Å². The molecule has 2 atom stereocenters. The predicted octanol–water partition coefficient (Wildman–Crippen LogP) is 4.06. The fraction of sp³-hybridized carbons (Fsp3) is 0.400. The normalized spacial score (nSPS) is 22.3.